The molecule has 3 atom stereocenters. The van der Waals surface area contributed by atoms with Gasteiger partial charge in [0, 0.05) is 43.9 Å². The molecule has 2 heterocycles. The molecule has 3 amide bonds. The Hall–Kier alpha value is -3.61. The molecule has 0 unspecified atom stereocenters. The van der Waals surface area contributed by atoms with Gasteiger partial charge in [-0.3, -0.25) is 14.4 Å². The summed E-state index contributed by atoms with van der Waals surface area (Å²) in [4.78, 5) is 41.7. The van der Waals surface area contributed by atoms with Crippen molar-refractivity contribution >= 4 is 17.7 Å². The Kier molecular flexibility index (Phi) is 11.1. The molecule has 3 aliphatic rings. The molecular formula is C35H41F6N3O4. The molecule has 13 heteroatoms. The SMILES string of the molecule is C[C@@H](O[C@H]1CCN(C(=O)[C@H]2CC[C@H](NC(=O)CN3CCCCC3=O)CC2)C[C@H]1c1ccccc1)c1cc(C(F)(F)F)cc(C(F)(F)F)c1. The quantitative estimate of drug-likeness (QED) is 0.309. The fraction of sp³-hybridized carbons (Fsp3) is 0.571. The van der Waals surface area contributed by atoms with Crippen LogP contribution in [0.3, 0.4) is 0 Å². The van der Waals surface area contributed by atoms with Gasteiger partial charge >= 0.3 is 12.4 Å². The van der Waals surface area contributed by atoms with Crippen LogP contribution >= 0.6 is 0 Å². The molecule has 2 aromatic carbocycles. The monoisotopic (exact) mass is 681 g/mol. The van der Waals surface area contributed by atoms with E-state index in [0.717, 1.165) is 18.4 Å². The molecule has 0 radical (unpaired) electrons. The van der Waals surface area contributed by atoms with Gasteiger partial charge in [0.2, 0.25) is 17.7 Å². The normalized spacial score (nSPS) is 24.7. The number of alkyl halides is 6. The number of benzene rings is 2. The van der Waals surface area contributed by atoms with Gasteiger partial charge in [-0.2, -0.15) is 26.3 Å². The van der Waals surface area contributed by atoms with E-state index in [1.807, 2.05) is 30.3 Å². The second kappa shape index (κ2) is 14.9. The Bertz CT molecular complexity index is 1410. The molecule has 1 saturated carbocycles. The first-order valence-corrected chi connectivity index (χ1v) is 16.5. The summed E-state index contributed by atoms with van der Waals surface area (Å²) in [7, 11) is 0. The minimum atomic E-state index is -4.97. The molecule has 3 fully saturated rings. The van der Waals surface area contributed by atoms with E-state index < -0.39 is 35.7 Å². The first-order chi connectivity index (χ1) is 22.7. The Labute approximate surface area is 276 Å². The molecule has 2 saturated heterocycles. The first kappa shape index (κ1) is 35.7. The number of piperidine rings is 2. The van der Waals surface area contributed by atoms with E-state index in [1.165, 1.54) is 6.92 Å². The van der Waals surface area contributed by atoms with E-state index in [1.54, 1.807) is 9.80 Å². The van der Waals surface area contributed by atoms with Gasteiger partial charge in [0.25, 0.3) is 0 Å². The van der Waals surface area contributed by atoms with E-state index in [9.17, 15) is 40.7 Å². The van der Waals surface area contributed by atoms with Crippen LogP contribution in [-0.2, 0) is 31.5 Å². The zero-order chi connectivity index (χ0) is 34.6. The van der Waals surface area contributed by atoms with Crippen LogP contribution in [0.5, 0.6) is 0 Å². The van der Waals surface area contributed by atoms with Crippen molar-refractivity contribution in [1.82, 2.24) is 15.1 Å². The summed E-state index contributed by atoms with van der Waals surface area (Å²) in [6.07, 6.45) is -6.58. The lowest BCUT2D eigenvalue weighted by molar-refractivity contribution is -0.143. The van der Waals surface area contributed by atoms with E-state index in [0.29, 0.717) is 63.7 Å². The first-order valence-electron chi connectivity index (χ1n) is 16.5. The lowest BCUT2D eigenvalue weighted by Crippen LogP contribution is -2.49. The topological polar surface area (TPSA) is 79.0 Å². The van der Waals surface area contributed by atoms with Crippen molar-refractivity contribution in [3.05, 3.63) is 70.8 Å². The van der Waals surface area contributed by atoms with Crippen LogP contribution in [-0.4, -0.2) is 65.8 Å². The molecule has 7 nitrogen and oxygen atoms in total. The Balaban J connectivity index is 1.22. The molecule has 2 aromatic rings. The summed E-state index contributed by atoms with van der Waals surface area (Å²) in [5.41, 5.74) is -2.16. The molecule has 0 aromatic heterocycles. The third-order valence-electron chi connectivity index (χ3n) is 9.74. The highest BCUT2D eigenvalue weighted by molar-refractivity contribution is 5.85. The summed E-state index contributed by atoms with van der Waals surface area (Å²) in [5, 5.41) is 3.02. The Morgan fingerprint density at radius 2 is 1.54 bits per heavy atom. The third-order valence-corrected chi connectivity index (χ3v) is 9.74. The molecule has 48 heavy (non-hydrogen) atoms. The van der Waals surface area contributed by atoms with Crippen LogP contribution < -0.4 is 5.32 Å². The van der Waals surface area contributed by atoms with Gasteiger partial charge in [-0.25, -0.2) is 0 Å². The number of hydrogen-bond acceptors (Lipinski definition) is 4. The van der Waals surface area contributed by atoms with Crippen molar-refractivity contribution in [2.24, 2.45) is 5.92 Å². The number of likely N-dealkylation sites (tertiary alicyclic amines) is 2. The number of amides is 3. The standard InChI is InChI=1S/C35H41F6N3O4/c1-22(25-17-26(34(36,37)38)19-27(18-25)35(39,40)41)48-30-14-16-44(20-29(30)23-7-3-2-4-8-23)33(47)24-10-12-28(13-11-24)42-31(45)21-43-15-6-5-9-32(43)46/h2-4,7-8,17-19,22,24,28-30H,5-6,9-16,20-21H2,1H3,(H,42,45)/t22-,24-,28-,29+,30+/m1/s1. The van der Waals surface area contributed by atoms with E-state index in [2.05, 4.69) is 5.32 Å². The number of hydrogen-bond donors (Lipinski definition) is 1. The fourth-order valence-electron chi connectivity index (χ4n) is 7.09. The van der Waals surface area contributed by atoms with Gasteiger partial charge in [-0.15, -0.1) is 0 Å². The Morgan fingerprint density at radius 3 is 2.15 bits per heavy atom. The maximum Gasteiger partial charge on any atom is 0.416 e. The number of ether oxygens (including phenoxy) is 1. The molecule has 1 aliphatic carbocycles. The van der Waals surface area contributed by atoms with Crippen molar-refractivity contribution < 1.29 is 45.5 Å². The van der Waals surface area contributed by atoms with Crippen LogP contribution in [0.4, 0.5) is 26.3 Å². The number of nitrogens with one attached hydrogen (secondary N) is 1. The van der Waals surface area contributed by atoms with Gasteiger partial charge in [0.05, 0.1) is 29.9 Å². The lowest BCUT2D eigenvalue weighted by atomic mass is 9.83. The van der Waals surface area contributed by atoms with Crippen LogP contribution in [0.2, 0.25) is 0 Å². The van der Waals surface area contributed by atoms with Gasteiger partial charge in [0.15, 0.2) is 0 Å². The Morgan fingerprint density at radius 1 is 0.896 bits per heavy atom. The van der Waals surface area contributed by atoms with Crippen LogP contribution in [0.25, 0.3) is 0 Å². The maximum absolute atomic E-state index is 13.7. The average molecular weight is 682 g/mol. The zero-order valence-electron chi connectivity index (χ0n) is 26.8. The molecule has 0 bridgehead atoms. The number of carbonyl (C=O) groups excluding carboxylic acids is 3. The predicted octanol–water partition coefficient (Wildman–Crippen LogP) is 6.87. The van der Waals surface area contributed by atoms with E-state index in [4.69, 9.17) is 4.74 Å². The van der Waals surface area contributed by atoms with E-state index >= 15 is 0 Å². The minimum Gasteiger partial charge on any atom is -0.370 e. The highest BCUT2D eigenvalue weighted by Crippen LogP contribution is 2.40. The highest BCUT2D eigenvalue weighted by atomic mass is 19.4. The number of halogens is 6. The molecule has 262 valence electrons. The van der Waals surface area contributed by atoms with Crippen molar-refractivity contribution in [3.8, 4) is 0 Å². The number of nitrogens with zero attached hydrogens (tertiary/aromatic N) is 2. The van der Waals surface area contributed by atoms with Gasteiger partial charge < -0.3 is 19.9 Å². The second-order valence-electron chi connectivity index (χ2n) is 13.1. The van der Waals surface area contributed by atoms with Gasteiger partial charge in [-0.1, -0.05) is 30.3 Å². The molecule has 0 spiro atoms. The van der Waals surface area contributed by atoms with Crippen LogP contribution in [0.1, 0.15) is 92.6 Å². The summed E-state index contributed by atoms with van der Waals surface area (Å²) in [6.45, 7) is 2.69. The zero-order valence-corrected chi connectivity index (χ0v) is 26.8. The maximum atomic E-state index is 13.7. The van der Waals surface area contributed by atoms with Gasteiger partial charge in [0.1, 0.15) is 0 Å². The van der Waals surface area contributed by atoms with E-state index in [-0.39, 0.29) is 60.3 Å². The molecule has 2 aliphatic heterocycles. The summed E-state index contributed by atoms with van der Waals surface area (Å²) in [5.74, 6) is -0.803. The highest BCUT2D eigenvalue weighted by Gasteiger charge is 2.40. The van der Waals surface area contributed by atoms with Crippen molar-refractivity contribution in [3.63, 3.8) is 0 Å². The molecule has 5 rings (SSSR count). The van der Waals surface area contributed by atoms with Gasteiger partial charge in [-0.05, 0) is 81.2 Å². The predicted molar refractivity (Wildman–Crippen MR) is 164 cm³/mol. The molecular weight excluding hydrogens is 640 g/mol. The fourth-order valence-corrected chi connectivity index (χ4v) is 7.09. The lowest BCUT2D eigenvalue weighted by Gasteiger charge is -2.42. The van der Waals surface area contributed by atoms with Crippen molar-refractivity contribution in [2.45, 2.75) is 94.8 Å². The third kappa shape index (κ3) is 8.89. The summed E-state index contributed by atoms with van der Waals surface area (Å²) >= 11 is 0. The van der Waals surface area contributed by atoms with Crippen LogP contribution in [0.15, 0.2) is 48.5 Å². The number of carbonyl (C=O) groups is 3. The van der Waals surface area contributed by atoms with Crippen LogP contribution in [0, 0.1) is 5.92 Å². The smallest absolute Gasteiger partial charge is 0.370 e. The average Bonchev–Trinajstić information content (AvgIpc) is 3.05. The van der Waals surface area contributed by atoms with Crippen molar-refractivity contribution in [1.29, 1.82) is 0 Å². The molecule has 1 N–H and O–H groups in total. The summed E-state index contributed by atoms with van der Waals surface area (Å²) < 4.78 is 87.3. The largest absolute Gasteiger partial charge is 0.416 e. The van der Waals surface area contributed by atoms with Crippen molar-refractivity contribution in [2.75, 3.05) is 26.2 Å². The minimum absolute atomic E-state index is 0.00520. The number of rotatable bonds is 8. The summed E-state index contributed by atoms with van der Waals surface area (Å²) in [6, 6.07) is 10.7. The second-order valence-corrected chi connectivity index (χ2v) is 13.1.